The summed E-state index contributed by atoms with van der Waals surface area (Å²) in [6.45, 7) is -0.648. The summed E-state index contributed by atoms with van der Waals surface area (Å²) in [5.74, 6) is -1.30. The molecule has 2 aromatic carbocycles. The molecule has 3 aromatic rings. The molecule has 1 aromatic heterocycles. The molecule has 2 heterocycles. The lowest BCUT2D eigenvalue weighted by atomic mass is 9.99. The fourth-order valence-corrected chi connectivity index (χ4v) is 3.55. The van der Waals surface area contributed by atoms with Gasteiger partial charge in [-0.2, -0.15) is 0 Å². The van der Waals surface area contributed by atoms with Crippen LogP contribution in [0.3, 0.4) is 0 Å². The van der Waals surface area contributed by atoms with Crippen LogP contribution in [0.25, 0.3) is 17.0 Å². The van der Waals surface area contributed by atoms with Crippen LogP contribution in [0.2, 0.25) is 0 Å². The number of phenolic OH excluding ortho intramolecular Hbond substituents is 1. The second-order valence-corrected chi connectivity index (χ2v) is 7.57. The molecule has 4 rings (SSSR count). The first-order valence-corrected chi connectivity index (χ1v) is 10.3. The van der Waals surface area contributed by atoms with Crippen LogP contribution in [0.4, 0.5) is 0 Å². The van der Waals surface area contributed by atoms with E-state index in [1.165, 1.54) is 12.1 Å². The van der Waals surface area contributed by atoms with Gasteiger partial charge in [-0.15, -0.1) is 0 Å². The summed E-state index contributed by atoms with van der Waals surface area (Å²) >= 11 is 0. The molecule has 34 heavy (non-hydrogen) atoms. The van der Waals surface area contributed by atoms with E-state index in [1.807, 2.05) is 6.07 Å². The van der Waals surface area contributed by atoms with Crippen molar-refractivity contribution in [3.8, 4) is 11.5 Å². The van der Waals surface area contributed by atoms with E-state index in [0.717, 1.165) is 30.0 Å². The number of fused-ring (bicyclic) bond motifs is 1. The van der Waals surface area contributed by atoms with Crippen LogP contribution in [-0.2, 0) is 14.3 Å². The number of aliphatic hydroxyl groups excluding tert-OH is 3. The third-order valence-electron chi connectivity index (χ3n) is 5.26. The van der Waals surface area contributed by atoms with Gasteiger partial charge in [-0.05, 0) is 11.6 Å². The Kier molecular flexibility index (Phi) is 6.94. The van der Waals surface area contributed by atoms with E-state index in [4.69, 9.17) is 18.6 Å². The minimum atomic E-state index is -1.66. The topological polar surface area (TPSA) is 156 Å². The number of rotatable bonds is 6. The monoisotopic (exact) mass is 470 g/mol. The molecule has 0 aliphatic carbocycles. The lowest BCUT2D eigenvalue weighted by molar-refractivity contribution is -0.281. The Morgan fingerprint density at radius 2 is 1.85 bits per heavy atom. The van der Waals surface area contributed by atoms with Crippen LogP contribution in [-0.4, -0.2) is 63.7 Å². The van der Waals surface area contributed by atoms with Crippen LogP contribution in [0.1, 0.15) is 5.56 Å². The fraction of sp³-hybridized carbons (Fsp3) is 0.250. The maximum atomic E-state index is 12.4. The Bertz CT molecular complexity index is 1240. The zero-order valence-electron chi connectivity index (χ0n) is 17.7. The molecular formula is C24H22O10. The molecule has 1 fully saturated rings. The largest absolute Gasteiger partial charge is 0.507 e. The standard InChI is InChI=1S/C24H22O10/c25-12-18-21(29)22(30)23(34-19(28)7-6-13-4-2-1-3-5-13)24(33-18)32-14-10-16(27)20-15(26)8-9-31-17(20)11-14/h1-11,18,21-25,27,29-30H,12H2. The number of phenols is 1. The van der Waals surface area contributed by atoms with Gasteiger partial charge in [0.15, 0.2) is 11.5 Å². The first kappa shape index (κ1) is 23.5. The zero-order chi connectivity index (χ0) is 24.2. The Morgan fingerprint density at radius 1 is 1.09 bits per heavy atom. The predicted octanol–water partition coefficient (Wildman–Crippen LogP) is 0.942. The minimum Gasteiger partial charge on any atom is -0.507 e. The molecule has 5 unspecified atom stereocenters. The van der Waals surface area contributed by atoms with Crippen molar-refractivity contribution in [1.29, 1.82) is 0 Å². The van der Waals surface area contributed by atoms with Crippen LogP contribution >= 0.6 is 0 Å². The molecule has 10 heteroatoms. The molecule has 1 saturated heterocycles. The summed E-state index contributed by atoms with van der Waals surface area (Å²) in [7, 11) is 0. The Labute approximate surface area is 192 Å². The number of aromatic hydroxyl groups is 1. The summed E-state index contributed by atoms with van der Waals surface area (Å²) in [4.78, 5) is 24.4. The maximum absolute atomic E-state index is 12.4. The van der Waals surface area contributed by atoms with Gasteiger partial charge in [-0.1, -0.05) is 30.3 Å². The average molecular weight is 470 g/mol. The van der Waals surface area contributed by atoms with Gasteiger partial charge in [-0.3, -0.25) is 4.79 Å². The molecule has 178 valence electrons. The second-order valence-electron chi connectivity index (χ2n) is 7.57. The van der Waals surface area contributed by atoms with Crippen LogP contribution in [0.15, 0.2) is 70.1 Å². The van der Waals surface area contributed by atoms with E-state index >= 15 is 0 Å². The number of benzene rings is 2. The lowest BCUT2D eigenvalue weighted by Gasteiger charge is -2.41. The fourth-order valence-electron chi connectivity index (χ4n) is 3.55. The minimum absolute atomic E-state index is 0.0249. The molecule has 10 nitrogen and oxygen atoms in total. The van der Waals surface area contributed by atoms with Crippen molar-refractivity contribution in [2.75, 3.05) is 6.61 Å². The SMILES string of the molecule is O=C(C=Cc1ccccc1)OC1C(Oc2cc(O)c3c(=O)ccoc3c2)OC(CO)C(O)C1O. The van der Waals surface area contributed by atoms with Gasteiger partial charge in [0.1, 0.15) is 40.8 Å². The third kappa shape index (κ3) is 4.95. The lowest BCUT2D eigenvalue weighted by Crippen LogP contribution is -2.61. The highest BCUT2D eigenvalue weighted by Gasteiger charge is 2.47. The highest BCUT2D eigenvalue weighted by Crippen LogP contribution is 2.31. The number of carbonyl (C=O) groups excluding carboxylic acids is 1. The van der Waals surface area contributed by atoms with Gasteiger partial charge in [0.25, 0.3) is 0 Å². The summed E-state index contributed by atoms with van der Waals surface area (Å²) in [6.07, 6.45) is -3.63. The number of carbonyl (C=O) groups is 1. The molecule has 0 bridgehead atoms. The van der Waals surface area contributed by atoms with Gasteiger partial charge in [0.2, 0.25) is 6.29 Å². The smallest absolute Gasteiger partial charge is 0.331 e. The van der Waals surface area contributed by atoms with Crippen LogP contribution in [0, 0.1) is 0 Å². The van der Waals surface area contributed by atoms with Gasteiger partial charge in [0.05, 0.1) is 12.9 Å². The quantitative estimate of drug-likeness (QED) is 0.302. The zero-order valence-corrected chi connectivity index (χ0v) is 17.7. The molecule has 1 aliphatic heterocycles. The number of aliphatic hydroxyl groups is 3. The highest BCUT2D eigenvalue weighted by atomic mass is 16.7. The van der Waals surface area contributed by atoms with Gasteiger partial charge < -0.3 is 39.1 Å². The number of ether oxygens (including phenoxy) is 3. The summed E-state index contributed by atoms with van der Waals surface area (Å²) in [5.41, 5.74) is 0.299. The van der Waals surface area contributed by atoms with Crippen molar-refractivity contribution in [2.24, 2.45) is 0 Å². The van der Waals surface area contributed by atoms with E-state index in [0.29, 0.717) is 0 Å². The summed E-state index contributed by atoms with van der Waals surface area (Å²) < 4.78 is 21.8. The molecule has 0 amide bonds. The number of hydrogen-bond donors (Lipinski definition) is 4. The predicted molar refractivity (Wildman–Crippen MR) is 118 cm³/mol. The number of esters is 1. The van der Waals surface area contributed by atoms with Crippen molar-refractivity contribution >= 4 is 23.0 Å². The first-order chi connectivity index (χ1) is 16.4. The molecule has 0 radical (unpaired) electrons. The molecule has 1 aliphatic rings. The molecule has 5 atom stereocenters. The van der Waals surface area contributed by atoms with Crippen LogP contribution in [0.5, 0.6) is 11.5 Å². The van der Waals surface area contributed by atoms with Gasteiger partial charge >= 0.3 is 5.97 Å². The van der Waals surface area contributed by atoms with E-state index in [-0.39, 0.29) is 16.7 Å². The Balaban J connectivity index is 1.58. The van der Waals surface area contributed by atoms with Gasteiger partial charge in [0, 0.05) is 24.3 Å². The third-order valence-corrected chi connectivity index (χ3v) is 5.26. The van der Waals surface area contributed by atoms with E-state index < -0.39 is 54.5 Å². The van der Waals surface area contributed by atoms with E-state index in [1.54, 1.807) is 24.3 Å². The van der Waals surface area contributed by atoms with E-state index in [9.17, 15) is 30.0 Å². The molecule has 4 N–H and O–H groups in total. The Morgan fingerprint density at radius 3 is 2.59 bits per heavy atom. The summed E-state index contributed by atoms with van der Waals surface area (Å²) in [5, 5.41) is 40.5. The number of hydrogen-bond acceptors (Lipinski definition) is 10. The normalized spacial score (nSPS) is 24.9. The first-order valence-electron chi connectivity index (χ1n) is 10.3. The van der Waals surface area contributed by atoms with E-state index in [2.05, 4.69) is 0 Å². The van der Waals surface area contributed by atoms with Gasteiger partial charge in [-0.25, -0.2) is 4.79 Å². The molecular weight excluding hydrogens is 448 g/mol. The summed E-state index contributed by atoms with van der Waals surface area (Å²) in [6, 6.07) is 12.5. The molecule has 0 saturated carbocycles. The van der Waals surface area contributed by atoms with Crippen LogP contribution < -0.4 is 10.2 Å². The Hall–Kier alpha value is -3.70. The van der Waals surface area contributed by atoms with Crippen molar-refractivity contribution in [1.82, 2.24) is 0 Å². The average Bonchev–Trinajstić information content (AvgIpc) is 2.83. The van der Waals surface area contributed by atoms with Crippen molar-refractivity contribution in [3.63, 3.8) is 0 Å². The highest BCUT2D eigenvalue weighted by molar-refractivity contribution is 5.87. The van der Waals surface area contributed by atoms with Crippen molar-refractivity contribution in [2.45, 2.75) is 30.7 Å². The maximum Gasteiger partial charge on any atom is 0.331 e. The van der Waals surface area contributed by atoms with Crippen molar-refractivity contribution < 1.29 is 43.8 Å². The molecule has 0 spiro atoms. The van der Waals surface area contributed by atoms with Crippen molar-refractivity contribution in [3.05, 3.63) is 76.7 Å². The second kappa shape index (κ2) is 10.1.